The van der Waals surface area contributed by atoms with Crippen molar-refractivity contribution >= 4 is 29.0 Å². The first-order chi connectivity index (χ1) is 15.6. The second kappa shape index (κ2) is 9.90. The molecule has 4 rings (SSSR count). The molecular formula is C26H26N4OS. The van der Waals surface area contributed by atoms with Crippen LogP contribution in [0.2, 0.25) is 0 Å². The molecule has 32 heavy (non-hydrogen) atoms. The van der Waals surface area contributed by atoms with E-state index in [9.17, 15) is 4.79 Å². The van der Waals surface area contributed by atoms with Gasteiger partial charge in [0.15, 0.2) is 0 Å². The summed E-state index contributed by atoms with van der Waals surface area (Å²) in [6.45, 7) is 1.14. The fraction of sp³-hybridized carbons (Fsp3) is 0.231. The molecule has 1 unspecified atom stereocenters. The second-order valence-electron chi connectivity index (χ2n) is 7.82. The van der Waals surface area contributed by atoms with E-state index in [0.29, 0.717) is 18.7 Å². The molecular weight excluding hydrogens is 416 g/mol. The van der Waals surface area contributed by atoms with Gasteiger partial charge in [-0.25, -0.2) is 0 Å². The number of benzene rings is 3. The summed E-state index contributed by atoms with van der Waals surface area (Å²) in [7, 11) is 0. The molecule has 1 atom stereocenters. The second-order valence-corrected chi connectivity index (χ2v) is 8.70. The lowest BCUT2D eigenvalue weighted by Gasteiger charge is -2.37. The Hall–Kier alpha value is -3.27. The van der Waals surface area contributed by atoms with Crippen LogP contribution in [0.4, 0.5) is 11.4 Å². The van der Waals surface area contributed by atoms with Gasteiger partial charge in [-0.3, -0.25) is 4.79 Å². The lowest BCUT2D eigenvalue weighted by atomic mass is 9.88. The van der Waals surface area contributed by atoms with E-state index in [1.54, 1.807) is 11.8 Å². The molecule has 0 saturated heterocycles. The zero-order valence-corrected chi connectivity index (χ0v) is 18.9. The average Bonchev–Trinajstić information content (AvgIpc) is 2.84. The van der Waals surface area contributed by atoms with Crippen LogP contribution in [0.1, 0.15) is 39.5 Å². The third kappa shape index (κ3) is 4.64. The summed E-state index contributed by atoms with van der Waals surface area (Å²) in [5.74, 6) is 0.0236. The molecule has 0 radical (unpaired) electrons. The van der Waals surface area contributed by atoms with E-state index in [2.05, 4.69) is 29.8 Å². The van der Waals surface area contributed by atoms with Crippen LogP contribution < -0.4 is 11.1 Å². The van der Waals surface area contributed by atoms with Crippen molar-refractivity contribution in [1.82, 2.24) is 4.90 Å². The van der Waals surface area contributed by atoms with Gasteiger partial charge < -0.3 is 16.0 Å². The molecule has 1 heterocycles. The highest BCUT2D eigenvalue weighted by Crippen LogP contribution is 2.35. The summed E-state index contributed by atoms with van der Waals surface area (Å²) >= 11 is 1.71. The molecule has 6 heteroatoms. The average molecular weight is 443 g/mol. The normalized spacial score (nSPS) is 15.2. The molecule has 162 valence electrons. The first-order valence-corrected chi connectivity index (χ1v) is 11.9. The number of hydrogen-bond acceptors (Lipinski definition) is 5. The van der Waals surface area contributed by atoms with Crippen molar-refractivity contribution in [3.05, 3.63) is 89.0 Å². The number of nitrogens with zero attached hydrogens (tertiary/aromatic N) is 2. The minimum Gasteiger partial charge on any atom is -0.356 e. The number of nitrogens with one attached hydrogen (secondary N) is 1. The molecule has 0 bridgehead atoms. The molecule has 1 aliphatic rings. The Balaban J connectivity index is 1.63. The minimum atomic E-state index is -0.0628. The van der Waals surface area contributed by atoms with Crippen LogP contribution in [-0.2, 0) is 6.42 Å². The number of nitrogens with two attached hydrogens (primary N) is 1. The van der Waals surface area contributed by atoms with Crippen molar-refractivity contribution in [2.45, 2.75) is 23.8 Å². The van der Waals surface area contributed by atoms with Crippen LogP contribution in [0.5, 0.6) is 0 Å². The quantitative estimate of drug-likeness (QED) is 0.497. The van der Waals surface area contributed by atoms with Crippen LogP contribution in [0, 0.1) is 11.3 Å². The summed E-state index contributed by atoms with van der Waals surface area (Å²) in [4.78, 5) is 16.7. The predicted octanol–water partition coefficient (Wildman–Crippen LogP) is 5.11. The molecule has 0 aromatic heterocycles. The third-order valence-electron chi connectivity index (χ3n) is 5.80. The first kappa shape index (κ1) is 21.9. The van der Waals surface area contributed by atoms with Gasteiger partial charge in [0.2, 0.25) is 0 Å². The summed E-state index contributed by atoms with van der Waals surface area (Å²) < 4.78 is 0. The lowest BCUT2D eigenvalue weighted by Crippen LogP contribution is -2.41. The molecule has 3 aromatic rings. The van der Waals surface area contributed by atoms with Crippen molar-refractivity contribution in [2.75, 3.05) is 24.7 Å². The van der Waals surface area contributed by atoms with Crippen molar-refractivity contribution in [3.8, 4) is 6.07 Å². The van der Waals surface area contributed by atoms with Gasteiger partial charge in [-0.1, -0.05) is 18.2 Å². The van der Waals surface area contributed by atoms with Crippen LogP contribution in [0.3, 0.4) is 0 Å². The lowest BCUT2D eigenvalue weighted by molar-refractivity contribution is 0.0646. The number of nitriles is 1. The van der Waals surface area contributed by atoms with E-state index in [1.165, 1.54) is 4.90 Å². The van der Waals surface area contributed by atoms with Gasteiger partial charge >= 0.3 is 0 Å². The van der Waals surface area contributed by atoms with Crippen molar-refractivity contribution in [3.63, 3.8) is 0 Å². The zero-order chi connectivity index (χ0) is 22.5. The van der Waals surface area contributed by atoms with Gasteiger partial charge in [0, 0.05) is 28.4 Å². The topological polar surface area (TPSA) is 82.2 Å². The van der Waals surface area contributed by atoms with E-state index in [4.69, 9.17) is 11.0 Å². The Labute approximate surface area is 193 Å². The van der Waals surface area contributed by atoms with E-state index >= 15 is 0 Å². The van der Waals surface area contributed by atoms with E-state index in [1.807, 2.05) is 59.5 Å². The van der Waals surface area contributed by atoms with Gasteiger partial charge in [0.25, 0.3) is 5.91 Å². The number of carbonyl (C=O) groups excluding carboxylic acids is 1. The molecule has 0 spiro atoms. The maximum absolute atomic E-state index is 13.5. The van der Waals surface area contributed by atoms with Crippen molar-refractivity contribution in [1.29, 1.82) is 5.26 Å². The number of fused-ring (bicyclic) bond motifs is 1. The Bertz CT molecular complexity index is 1140. The largest absolute Gasteiger partial charge is 0.356 e. The monoisotopic (exact) mass is 442 g/mol. The minimum absolute atomic E-state index is 0.0236. The summed E-state index contributed by atoms with van der Waals surface area (Å²) in [5.41, 5.74) is 11.1. The van der Waals surface area contributed by atoms with Crippen LogP contribution in [0.25, 0.3) is 0 Å². The number of anilines is 2. The number of amides is 1. The van der Waals surface area contributed by atoms with E-state index in [0.717, 1.165) is 40.9 Å². The smallest absolute Gasteiger partial charge is 0.254 e. The Morgan fingerprint density at radius 2 is 1.81 bits per heavy atom. The molecule has 0 saturated carbocycles. The first-order valence-electron chi connectivity index (χ1n) is 10.7. The standard InChI is InChI=1S/C26H26N4OS/c1-32-23-11-9-21(10-12-23)29-22-8-7-20-15-25(19-5-3-18(17-28)4-6-19)30(14-2-13-27)26(31)24(20)16-22/h3-12,16,25,29H,2,13-15,27H2,1H3. The van der Waals surface area contributed by atoms with Gasteiger partial charge in [-0.05, 0) is 85.3 Å². The SMILES string of the molecule is CSc1ccc(Nc2ccc3c(c2)C(=O)N(CCCN)C(c2ccc(C#N)cc2)C3)cc1. The molecule has 3 N–H and O–H groups in total. The highest BCUT2D eigenvalue weighted by molar-refractivity contribution is 7.98. The predicted molar refractivity (Wildman–Crippen MR) is 130 cm³/mol. The van der Waals surface area contributed by atoms with E-state index in [-0.39, 0.29) is 11.9 Å². The van der Waals surface area contributed by atoms with Gasteiger partial charge in [-0.15, -0.1) is 11.8 Å². The molecule has 3 aromatic carbocycles. The zero-order valence-electron chi connectivity index (χ0n) is 18.0. The van der Waals surface area contributed by atoms with Crippen LogP contribution in [-0.4, -0.2) is 30.2 Å². The van der Waals surface area contributed by atoms with Gasteiger partial charge in [0.05, 0.1) is 17.7 Å². The van der Waals surface area contributed by atoms with Crippen molar-refractivity contribution in [2.24, 2.45) is 5.73 Å². The maximum Gasteiger partial charge on any atom is 0.254 e. The van der Waals surface area contributed by atoms with Crippen LogP contribution >= 0.6 is 11.8 Å². The summed E-state index contributed by atoms with van der Waals surface area (Å²) in [5, 5.41) is 12.5. The highest BCUT2D eigenvalue weighted by atomic mass is 32.2. The van der Waals surface area contributed by atoms with Gasteiger partial charge in [-0.2, -0.15) is 5.26 Å². The molecule has 1 aliphatic heterocycles. The Morgan fingerprint density at radius 1 is 1.09 bits per heavy atom. The van der Waals surface area contributed by atoms with Crippen LogP contribution in [0.15, 0.2) is 71.6 Å². The summed E-state index contributed by atoms with van der Waals surface area (Å²) in [6.07, 6.45) is 3.53. The fourth-order valence-corrected chi connectivity index (χ4v) is 4.49. The Kier molecular flexibility index (Phi) is 6.79. The fourth-order valence-electron chi connectivity index (χ4n) is 4.08. The number of carbonyl (C=O) groups is 1. The molecule has 5 nitrogen and oxygen atoms in total. The Morgan fingerprint density at radius 3 is 2.47 bits per heavy atom. The number of hydrogen-bond donors (Lipinski definition) is 2. The molecule has 1 amide bonds. The number of thioether (sulfide) groups is 1. The maximum atomic E-state index is 13.5. The summed E-state index contributed by atoms with van der Waals surface area (Å²) in [6, 6.07) is 23.9. The molecule has 0 aliphatic carbocycles. The molecule has 0 fully saturated rings. The van der Waals surface area contributed by atoms with Crippen molar-refractivity contribution < 1.29 is 4.79 Å². The third-order valence-corrected chi connectivity index (χ3v) is 6.54. The van der Waals surface area contributed by atoms with Gasteiger partial charge in [0.1, 0.15) is 0 Å². The van der Waals surface area contributed by atoms with E-state index < -0.39 is 0 Å². The highest BCUT2D eigenvalue weighted by Gasteiger charge is 2.33. The number of rotatable bonds is 7.